The van der Waals surface area contributed by atoms with E-state index in [0.29, 0.717) is 48.5 Å². The Kier molecular flexibility index (Phi) is 10.4. The summed E-state index contributed by atoms with van der Waals surface area (Å²) in [6, 6.07) is 12.2. The van der Waals surface area contributed by atoms with Gasteiger partial charge in [-0.05, 0) is 41.3 Å². The summed E-state index contributed by atoms with van der Waals surface area (Å²) in [6.07, 6.45) is 0.252. The number of carbonyl (C=O) groups is 3. The van der Waals surface area contributed by atoms with E-state index in [-0.39, 0.29) is 37.6 Å². The van der Waals surface area contributed by atoms with Crippen LogP contribution in [0, 0.1) is 5.92 Å². The van der Waals surface area contributed by atoms with Gasteiger partial charge in [0.1, 0.15) is 6.61 Å². The van der Waals surface area contributed by atoms with Gasteiger partial charge >= 0.3 is 12.0 Å². The molecule has 3 amide bonds. The molecule has 0 radical (unpaired) electrons. The molecule has 1 saturated heterocycles. The zero-order chi connectivity index (χ0) is 27.8. The Morgan fingerprint density at radius 3 is 2.47 bits per heavy atom. The van der Waals surface area contributed by atoms with Crippen LogP contribution in [0.2, 0.25) is 5.02 Å². The molecular formula is C28H36ClN3O6. The molecule has 0 spiro atoms. The molecule has 10 heteroatoms. The predicted octanol–water partition coefficient (Wildman–Crippen LogP) is 4.69. The summed E-state index contributed by atoms with van der Waals surface area (Å²) in [6.45, 7) is 6.08. The Balaban J connectivity index is 1.76. The van der Waals surface area contributed by atoms with Gasteiger partial charge in [-0.15, -0.1) is 0 Å². The average molecular weight is 546 g/mol. The number of amides is 3. The molecule has 1 atom stereocenters. The lowest BCUT2D eigenvalue weighted by molar-refractivity contribution is -0.138. The van der Waals surface area contributed by atoms with Crippen molar-refractivity contribution in [3.05, 3.63) is 58.6 Å². The van der Waals surface area contributed by atoms with Crippen LogP contribution in [0.5, 0.6) is 11.5 Å². The first kappa shape index (κ1) is 29.3. The summed E-state index contributed by atoms with van der Waals surface area (Å²) in [5.41, 5.74) is 1.82. The number of carboxylic acid groups (broad SMARTS) is 1. The first-order chi connectivity index (χ1) is 18.1. The maximum Gasteiger partial charge on any atom is 0.326 e. The fourth-order valence-electron chi connectivity index (χ4n) is 4.52. The third-order valence-electron chi connectivity index (χ3n) is 6.37. The molecule has 1 aliphatic rings. The molecule has 2 aromatic carbocycles. The van der Waals surface area contributed by atoms with Gasteiger partial charge in [-0.2, -0.15) is 0 Å². The minimum atomic E-state index is -0.878. The van der Waals surface area contributed by atoms with E-state index in [0.717, 1.165) is 11.1 Å². The lowest BCUT2D eigenvalue weighted by Crippen LogP contribution is -2.51. The number of benzene rings is 2. The van der Waals surface area contributed by atoms with E-state index < -0.39 is 5.97 Å². The van der Waals surface area contributed by atoms with Crippen LogP contribution in [0.4, 0.5) is 4.79 Å². The van der Waals surface area contributed by atoms with E-state index in [1.54, 1.807) is 32.4 Å². The highest BCUT2D eigenvalue weighted by molar-refractivity contribution is 6.30. The van der Waals surface area contributed by atoms with Gasteiger partial charge in [-0.1, -0.05) is 43.6 Å². The second-order valence-corrected chi connectivity index (χ2v) is 10.3. The maximum atomic E-state index is 12.3. The van der Waals surface area contributed by atoms with E-state index in [9.17, 15) is 19.5 Å². The van der Waals surface area contributed by atoms with Crippen LogP contribution in [0.1, 0.15) is 43.9 Å². The van der Waals surface area contributed by atoms with Crippen molar-refractivity contribution < 1.29 is 29.0 Å². The molecule has 1 aliphatic heterocycles. The molecule has 2 aromatic rings. The number of carbonyl (C=O) groups excluding carboxylic acids is 2. The van der Waals surface area contributed by atoms with Crippen molar-refractivity contribution >= 4 is 29.5 Å². The Hall–Kier alpha value is -3.30. The van der Waals surface area contributed by atoms with Crippen molar-refractivity contribution in [1.82, 2.24) is 14.7 Å². The molecule has 1 N–H and O–H groups in total. The Labute approximate surface area is 228 Å². The summed E-state index contributed by atoms with van der Waals surface area (Å²) < 4.78 is 11.4. The molecule has 1 heterocycles. The zero-order valence-electron chi connectivity index (χ0n) is 22.4. The second-order valence-electron chi connectivity index (χ2n) is 9.82. The highest BCUT2D eigenvalue weighted by Gasteiger charge is 2.29. The standard InChI is InChI=1S/C28H36ClN3O6/c1-19(2)17-31(23(16-27(34)35)21-6-8-22(29)9-7-21)18-20-5-10-24(25(15-20)37-4)38-14-13-32-26(33)11-12-30(3)28(32)36/h5-10,15,19,23H,11-14,16-18H2,1-4H3,(H,34,35)/t23-/m0/s1. The molecule has 9 nitrogen and oxygen atoms in total. The van der Waals surface area contributed by atoms with Crippen LogP contribution in [-0.2, 0) is 16.1 Å². The number of carboxylic acids is 1. The summed E-state index contributed by atoms with van der Waals surface area (Å²) in [7, 11) is 3.21. The second kappa shape index (κ2) is 13.5. The lowest BCUT2D eigenvalue weighted by atomic mass is 9.99. The first-order valence-corrected chi connectivity index (χ1v) is 13.0. The van der Waals surface area contributed by atoms with Crippen LogP contribution in [0.25, 0.3) is 0 Å². The van der Waals surface area contributed by atoms with E-state index in [1.807, 2.05) is 24.3 Å². The largest absolute Gasteiger partial charge is 0.493 e. The van der Waals surface area contributed by atoms with Crippen LogP contribution in [0.3, 0.4) is 0 Å². The summed E-state index contributed by atoms with van der Waals surface area (Å²) in [4.78, 5) is 41.0. The minimum Gasteiger partial charge on any atom is -0.493 e. The number of halogens is 1. The van der Waals surface area contributed by atoms with Gasteiger partial charge in [-0.25, -0.2) is 4.79 Å². The monoisotopic (exact) mass is 545 g/mol. The van der Waals surface area contributed by atoms with Gasteiger partial charge in [0.05, 0.1) is 20.1 Å². The first-order valence-electron chi connectivity index (χ1n) is 12.7. The molecule has 0 aromatic heterocycles. The number of nitrogens with zero attached hydrogens (tertiary/aromatic N) is 3. The van der Waals surface area contributed by atoms with Crippen molar-refractivity contribution in [3.63, 3.8) is 0 Å². The fourth-order valence-corrected chi connectivity index (χ4v) is 4.64. The van der Waals surface area contributed by atoms with Gasteiger partial charge in [-0.3, -0.25) is 19.4 Å². The normalized spacial score (nSPS) is 14.8. The minimum absolute atomic E-state index is 0.0458. The predicted molar refractivity (Wildman–Crippen MR) is 145 cm³/mol. The van der Waals surface area contributed by atoms with E-state index in [2.05, 4.69) is 18.7 Å². The number of rotatable bonds is 13. The third kappa shape index (κ3) is 7.85. The molecule has 0 saturated carbocycles. The summed E-state index contributed by atoms with van der Waals surface area (Å²) in [5.74, 6) is 0.235. The number of methoxy groups -OCH3 is 1. The summed E-state index contributed by atoms with van der Waals surface area (Å²) >= 11 is 6.07. The van der Waals surface area contributed by atoms with Crippen LogP contribution in [-0.4, -0.2) is 78.1 Å². The molecule has 0 aliphatic carbocycles. The Bertz CT molecular complexity index is 1120. The topological polar surface area (TPSA) is 99.6 Å². The fraction of sp³-hybridized carbons (Fsp3) is 0.464. The van der Waals surface area contributed by atoms with E-state index in [1.165, 1.54) is 9.80 Å². The molecular weight excluding hydrogens is 510 g/mol. The smallest absolute Gasteiger partial charge is 0.326 e. The number of urea groups is 1. The highest BCUT2D eigenvalue weighted by Crippen LogP contribution is 2.32. The van der Waals surface area contributed by atoms with Crippen LogP contribution < -0.4 is 9.47 Å². The van der Waals surface area contributed by atoms with E-state index >= 15 is 0 Å². The third-order valence-corrected chi connectivity index (χ3v) is 6.62. The highest BCUT2D eigenvalue weighted by atomic mass is 35.5. The van der Waals surface area contributed by atoms with Crippen molar-refractivity contribution in [2.24, 2.45) is 5.92 Å². The number of imide groups is 1. The van der Waals surface area contributed by atoms with Crippen LogP contribution in [0.15, 0.2) is 42.5 Å². The van der Waals surface area contributed by atoms with Gasteiger partial charge in [0.25, 0.3) is 0 Å². The maximum absolute atomic E-state index is 12.3. The average Bonchev–Trinajstić information content (AvgIpc) is 2.87. The molecule has 1 fully saturated rings. The lowest BCUT2D eigenvalue weighted by Gasteiger charge is -2.33. The van der Waals surface area contributed by atoms with Crippen molar-refractivity contribution in [2.75, 3.05) is 40.4 Å². The Morgan fingerprint density at radius 2 is 1.84 bits per heavy atom. The zero-order valence-corrected chi connectivity index (χ0v) is 23.1. The van der Waals surface area contributed by atoms with Gasteiger partial charge in [0.15, 0.2) is 11.5 Å². The number of aliphatic carboxylic acids is 1. The van der Waals surface area contributed by atoms with Crippen LogP contribution >= 0.6 is 11.6 Å². The number of hydrogen-bond donors (Lipinski definition) is 1. The summed E-state index contributed by atoms with van der Waals surface area (Å²) in [5, 5.41) is 10.3. The van der Waals surface area contributed by atoms with Gasteiger partial charge in [0.2, 0.25) is 5.91 Å². The molecule has 0 unspecified atom stereocenters. The molecule has 0 bridgehead atoms. The number of hydrogen-bond acceptors (Lipinski definition) is 6. The van der Waals surface area contributed by atoms with Crippen molar-refractivity contribution in [1.29, 1.82) is 0 Å². The van der Waals surface area contributed by atoms with Crippen molar-refractivity contribution in [2.45, 2.75) is 39.3 Å². The SMILES string of the molecule is COc1cc(CN(CC(C)C)[C@@H](CC(=O)O)c2ccc(Cl)cc2)ccc1OCCN1C(=O)CCN(C)C1=O. The molecule has 206 valence electrons. The molecule has 38 heavy (non-hydrogen) atoms. The quantitative estimate of drug-likeness (QED) is 0.390. The van der Waals surface area contributed by atoms with Gasteiger partial charge in [0, 0.05) is 44.2 Å². The van der Waals surface area contributed by atoms with Gasteiger partial charge < -0.3 is 19.5 Å². The molecule has 3 rings (SSSR count). The number of ether oxygens (including phenoxy) is 2. The van der Waals surface area contributed by atoms with E-state index in [4.69, 9.17) is 21.1 Å². The van der Waals surface area contributed by atoms with Crippen molar-refractivity contribution in [3.8, 4) is 11.5 Å². The Morgan fingerprint density at radius 1 is 1.13 bits per heavy atom.